The molecule has 0 radical (unpaired) electrons. The van der Waals surface area contributed by atoms with Crippen molar-refractivity contribution in [1.82, 2.24) is 20.2 Å². The molecule has 3 heterocycles. The molecule has 4 nitrogen and oxygen atoms in total. The third-order valence-electron chi connectivity index (χ3n) is 3.49. The minimum Gasteiger partial charge on any atom is -0.295 e. The van der Waals surface area contributed by atoms with Crippen molar-refractivity contribution in [2.75, 3.05) is 19.6 Å². The fraction of sp³-hybridized carbons (Fsp3) is 0.333. The molecule has 98 valence electrons. The van der Waals surface area contributed by atoms with Crippen molar-refractivity contribution in [1.29, 1.82) is 0 Å². The number of hydrogen-bond acceptors (Lipinski definition) is 4. The number of nitrogens with one attached hydrogen (secondary N) is 1. The van der Waals surface area contributed by atoms with Gasteiger partial charge in [-0.15, -0.1) is 0 Å². The van der Waals surface area contributed by atoms with Crippen LogP contribution in [-0.4, -0.2) is 34.5 Å². The summed E-state index contributed by atoms with van der Waals surface area (Å²) in [7, 11) is 0. The topological polar surface area (TPSA) is 41.0 Å². The predicted octanol–water partition coefficient (Wildman–Crippen LogP) is 2.07. The fourth-order valence-corrected chi connectivity index (χ4v) is 2.50. The molecule has 1 saturated heterocycles. The van der Waals surface area contributed by atoms with Gasteiger partial charge in [-0.2, -0.15) is 0 Å². The van der Waals surface area contributed by atoms with E-state index in [4.69, 9.17) is 4.98 Å². The molecule has 0 amide bonds. The molecule has 1 aliphatic heterocycles. The van der Waals surface area contributed by atoms with Crippen LogP contribution in [0.25, 0.3) is 11.4 Å². The van der Waals surface area contributed by atoms with Crippen LogP contribution in [0.3, 0.4) is 0 Å². The first-order valence-electron chi connectivity index (χ1n) is 6.74. The zero-order chi connectivity index (χ0) is 13.1. The van der Waals surface area contributed by atoms with Gasteiger partial charge in [0.05, 0.1) is 17.1 Å². The highest BCUT2D eigenvalue weighted by Gasteiger charge is 2.25. The highest BCUT2D eigenvalue weighted by atomic mass is 15.3. The summed E-state index contributed by atoms with van der Waals surface area (Å²) in [6.45, 7) is 5.32. The standard InChI is InChI=1S/C15H18N4/c1-2-19-11-10-17-15(19)14-8-5-7-13(18-14)12-6-3-4-9-16-12/h3-9,15,17H,2,10-11H2,1H3/t15-/m1/s1. The van der Waals surface area contributed by atoms with Gasteiger partial charge in [0.25, 0.3) is 0 Å². The molecular formula is C15H18N4. The largest absolute Gasteiger partial charge is 0.295 e. The molecule has 2 aromatic rings. The molecule has 3 rings (SSSR count). The van der Waals surface area contributed by atoms with Gasteiger partial charge < -0.3 is 0 Å². The first-order chi connectivity index (χ1) is 9.38. The molecule has 2 aromatic heterocycles. The van der Waals surface area contributed by atoms with E-state index in [2.05, 4.69) is 34.3 Å². The van der Waals surface area contributed by atoms with Crippen LogP contribution in [0.4, 0.5) is 0 Å². The molecule has 0 bridgehead atoms. The molecule has 1 fully saturated rings. The van der Waals surface area contributed by atoms with Crippen molar-refractivity contribution in [3.63, 3.8) is 0 Å². The van der Waals surface area contributed by atoms with Crippen LogP contribution in [0, 0.1) is 0 Å². The van der Waals surface area contributed by atoms with Gasteiger partial charge in [0, 0.05) is 19.3 Å². The van der Waals surface area contributed by atoms with E-state index in [1.54, 1.807) is 6.20 Å². The van der Waals surface area contributed by atoms with Gasteiger partial charge in [-0.25, -0.2) is 4.98 Å². The third-order valence-corrected chi connectivity index (χ3v) is 3.49. The second kappa shape index (κ2) is 5.47. The number of rotatable bonds is 3. The summed E-state index contributed by atoms with van der Waals surface area (Å²) in [5.74, 6) is 0. The Morgan fingerprint density at radius 1 is 1.21 bits per heavy atom. The molecule has 0 aliphatic carbocycles. The second-order valence-corrected chi connectivity index (χ2v) is 4.65. The summed E-state index contributed by atoms with van der Waals surface area (Å²) in [6, 6.07) is 12.1. The van der Waals surface area contributed by atoms with Crippen LogP contribution in [0.1, 0.15) is 18.8 Å². The molecule has 4 heteroatoms. The predicted molar refractivity (Wildman–Crippen MR) is 75.5 cm³/mol. The number of hydrogen-bond donors (Lipinski definition) is 1. The second-order valence-electron chi connectivity index (χ2n) is 4.65. The Hall–Kier alpha value is -1.78. The maximum Gasteiger partial charge on any atom is 0.104 e. The van der Waals surface area contributed by atoms with Crippen LogP contribution in [0.15, 0.2) is 42.6 Å². The van der Waals surface area contributed by atoms with Gasteiger partial charge in [-0.3, -0.25) is 15.2 Å². The van der Waals surface area contributed by atoms with E-state index in [-0.39, 0.29) is 6.17 Å². The van der Waals surface area contributed by atoms with E-state index in [9.17, 15) is 0 Å². The van der Waals surface area contributed by atoms with Gasteiger partial charge in [0.1, 0.15) is 6.17 Å². The maximum absolute atomic E-state index is 4.76. The van der Waals surface area contributed by atoms with E-state index in [0.717, 1.165) is 36.7 Å². The zero-order valence-electron chi connectivity index (χ0n) is 11.1. The zero-order valence-corrected chi connectivity index (χ0v) is 11.1. The summed E-state index contributed by atoms with van der Waals surface area (Å²) in [6.07, 6.45) is 2.03. The Labute approximate surface area is 113 Å². The van der Waals surface area contributed by atoms with Crippen molar-refractivity contribution >= 4 is 0 Å². The van der Waals surface area contributed by atoms with Crippen LogP contribution in [-0.2, 0) is 0 Å². The van der Waals surface area contributed by atoms with Crippen molar-refractivity contribution in [3.8, 4) is 11.4 Å². The first-order valence-corrected chi connectivity index (χ1v) is 6.74. The van der Waals surface area contributed by atoms with Crippen molar-refractivity contribution in [3.05, 3.63) is 48.3 Å². The normalized spacial score (nSPS) is 19.7. The fourth-order valence-electron chi connectivity index (χ4n) is 2.50. The maximum atomic E-state index is 4.76. The number of nitrogens with zero attached hydrogens (tertiary/aromatic N) is 3. The summed E-state index contributed by atoms with van der Waals surface area (Å²) < 4.78 is 0. The van der Waals surface area contributed by atoms with E-state index < -0.39 is 0 Å². The third kappa shape index (κ3) is 2.50. The number of aromatic nitrogens is 2. The SMILES string of the molecule is CCN1CCN[C@H]1c1cccc(-c2ccccn2)n1. The van der Waals surface area contributed by atoms with Crippen LogP contribution < -0.4 is 5.32 Å². The van der Waals surface area contributed by atoms with Gasteiger partial charge in [-0.05, 0) is 30.8 Å². The minimum atomic E-state index is 0.230. The molecule has 0 spiro atoms. The lowest BCUT2D eigenvalue weighted by atomic mass is 10.2. The highest BCUT2D eigenvalue weighted by molar-refractivity contribution is 5.53. The van der Waals surface area contributed by atoms with Gasteiger partial charge >= 0.3 is 0 Å². The molecule has 1 N–H and O–H groups in total. The summed E-state index contributed by atoms with van der Waals surface area (Å²) in [4.78, 5) is 11.5. The Kier molecular flexibility index (Phi) is 3.53. The smallest absolute Gasteiger partial charge is 0.104 e. The molecule has 19 heavy (non-hydrogen) atoms. The lowest BCUT2D eigenvalue weighted by Gasteiger charge is -2.22. The van der Waals surface area contributed by atoms with E-state index >= 15 is 0 Å². The van der Waals surface area contributed by atoms with E-state index in [1.165, 1.54) is 0 Å². The lowest BCUT2D eigenvalue weighted by Crippen LogP contribution is -2.28. The Morgan fingerprint density at radius 3 is 2.89 bits per heavy atom. The van der Waals surface area contributed by atoms with Crippen LogP contribution in [0.5, 0.6) is 0 Å². The van der Waals surface area contributed by atoms with E-state index in [0.29, 0.717) is 0 Å². The molecule has 0 aromatic carbocycles. The highest BCUT2D eigenvalue weighted by Crippen LogP contribution is 2.22. The molecular weight excluding hydrogens is 236 g/mol. The first kappa shape index (κ1) is 12.3. The number of pyridine rings is 2. The molecule has 0 saturated carbocycles. The Bertz CT molecular complexity index is 541. The van der Waals surface area contributed by atoms with Crippen molar-refractivity contribution in [2.24, 2.45) is 0 Å². The van der Waals surface area contributed by atoms with Crippen LogP contribution >= 0.6 is 0 Å². The Balaban J connectivity index is 1.92. The van der Waals surface area contributed by atoms with Crippen LogP contribution in [0.2, 0.25) is 0 Å². The van der Waals surface area contributed by atoms with Crippen molar-refractivity contribution in [2.45, 2.75) is 13.1 Å². The quantitative estimate of drug-likeness (QED) is 0.910. The number of likely N-dealkylation sites (N-methyl/N-ethyl adjacent to an activating group) is 1. The van der Waals surface area contributed by atoms with Gasteiger partial charge in [0.15, 0.2) is 0 Å². The molecule has 1 aliphatic rings. The summed E-state index contributed by atoms with van der Waals surface area (Å²) in [5.41, 5.74) is 2.93. The van der Waals surface area contributed by atoms with Gasteiger partial charge in [0.2, 0.25) is 0 Å². The monoisotopic (exact) mass is 254 g/mol. The average Bonchev–Trinajstić information content (AvgIpc) is 2.97. The summed E-state index contributed by atoms with van der Waals surface area (Å²) in [5, 5.41) is 3.50. The van der Waals surface area contributed by atoms with E-state index in [1.807, 2.05) is 24.3 Å². The lowest BCUT2D eigenvalue weighted by molar-refractivity contribution is 0.253. The van der Waals surface area contributed by atoms with Crippen molar-refractivity contribution < 1.29 is 0 Å². The summed E-state index contributed by atoms with van der Waals surface area (Å²) >= 11 is 0. The van der Waals surface area contributed by atoms with Gasteiger partial charge in [-0.1, -0.05) is 19.1 Å². The molecule has 1 atom stereocenters. The average molecular weight is 254 g/mol. The molecule has 0 unspecified atom stereocenters. The minimum absolute atomic E-state index is 0.230. The Morgan fingerprint density at radius 2 is 2.11 bits per heavy atom.